The smallest absolute Gasteiger partial charge is 0.229 e. The van der Waals surface area contributed by atoms with Crippen LogP contribution in [0.2, 0.25) is 0 Å². The Bertz CT molecular complexity index is 687. The van der Waals surface area contributed by atoms with E-state index in [1.807, 2.05) is 32.3 Å². The molecule has 140 valence electrons. The zero-order valence-electron chi connectivity index (χ0n) is 15.6. The molecule has 26 heavy (non-hydrogen) atoms. The summed E-state index contributed by atoms with van der Waals surface area (Å²) >= 11 is 0. The Kier molecular flexibility index (Phi) is 6.62. The first kappa shape index (κ1) is 18.4. The van der Waals surface area contributed by atoms with Gasteiger partial charge in [0.25, 0.3) is 0 Å². The van der Waals surface area contributed by atoms with Gasteiger partial charge in [0.1, 0.15) is 5.82 Å². The SMILES string of the molecule is CN(C)c1cccc(Nc2nccc(NCCCN3CCOCC3)n2)c1. The molecule has 1 aliphatic rings. The highest BCUT2D eigenvalue weighted by molar-refractivity contribution is 5.62. The molecule has 0 aliphatic carbocycles. The van der Waals surface area contributed by atoms with Crippen LogP contribution in [0.15, 0.2) is 36.5 Å². The van der Waals surface area contributed by atoms with Gasteiger partial charge in [-0.2, -0.15) is 4.98 Å². The minimum Gasteiger partial charge on any atom is -0.379 e. The third-order valence-electron chi connectivity index (χ3n) is 4.34. The van der Waals surface area contributed by atoms with Crippen molar-refractivity contribution < 1.29 is 4.74 Å². The first-order valence-electron chi connectivity index (χ1n) is 9.12. The summed E-state index contributed by atoms with van der Waals surface area (Å²) in [6, 6.07) is 10.1. The van der Waals surface area contributed by atoms with E-state index in [4.69, 9.17) is 4.74 Å². The summed E-state index contributed by atoms with van der Waals surface area (Å²) in [5.74, 6) is 1.44. The maximum absolute atomic E-state index is 5.37. The molecule has 1 saturated heterocycles. The van der Waals surface area contributed by atoms with Crippen LogP contribution in [0.3, 0.4) is 0 Å². The first-order chi connectivity index (χ1) is 12.7. The highest BCUT2D eigenvalue weighted by Gasteiger charge is 2.09. The van der Waals surface area contributed by atoms with Gasteiger partial charge in [0.2, 0.25) is 5.95 Å². The Balaban J connectivity index is 1.49. The summed E-state index contributed by atoms with van der Waals surface area (Å²) in [5, 5.41) is 6.65. The first-order valence-corrected chi connectivity index (χ1v) is 9.12. The molecule has 0 bridgehead atoms. The van der Waals surface area contributed by atoms with Crippen LogP contribution in [-0.4, -0.2) is 68.4 Å². The highest BCUT2D eigenvalue weighted by Crippen LogP contribution is 2.20. The van der Waals surface area contributed by atoms with Crippen molar-refractivity contribution in [3.63, 3.8) is 0 Å². The predicted octanol–water partition coefficient (Wildman–Crippen LogP) is 2.42. The number of hydrogen-bond acceptors (Lipinski definition) is 7. The lowest BCUT2D eigenvalue weighted by Gasteiger charge is -2.26. The van der Waals surface area contributed by atoms with Crippen molar-refractivity contribution in [1.29, 1.82) is 0 Å². The molecule has 1 aromatic heterocycles. The largest absolute Gasteiger partial charge is 0.379 e. The van der Waals surface area contributed by atoms with Crippen molar-refractivity contribution in [3.8, 4) is 0 Å². The molecule has 2 N–H and O–H groups in total. The van der Waals surface area contributed by atoms with Crippen molar-refractivity contribution in [3.05, 3.63) is 36.5 Å². The number of aromatic nitrogens is 2. The maximum Gasteiger partial charge on any atom is 0.229 e. The van der Waals surface area contributed by atoms with Crippen LogP contribution in [-0.2, 0) is 4.74 Å². The minimum atomic E-state index is 0.596. The molecule has 7 heteroatoms. The lowest BCUT2D eigenvalue weighted by Crippen LogP contribution is -2.37. The number of nitrogens with one attached hydrogen (secondary N) is 2. The van der Waals surface area contributed by atoms with Crippen LogP contribution in [0.4, 0.5) is 23.1 Å². The maximum atomic E-state index is 5.37. The number of ether oxygens (including phenoxy) is 1. The second-order valence-corrected chi connectivity index (χ2v) is 6.57. The molecule has 1 aromatic carbocycles. The van der Waals surface area contributed by atoms with Gasteiger partial charge in [0, 0.05) is 51.3 Å². The summed E-state index contributed by atoms with van der Waals surface area (Å²) in [6.07, 6.45) is 2.85. The monoisotopic (exact) mass is 356 g/mol. The van der Waals surface area contributed by atoms with Gasteiger partial charge in [-0.3, -0.25) is 4.90 Å². The van der Waals surface area contributed by atoms with Gasteiger partial charge in [0.15, 0.2) is 0 Å². The molecule has 3 rings (SSSR count). The van der Waals surface area contributed by atoms with Crippen molar-refractivity contribution in [2.45, 2.75) is 6.42 Å². The van der Waals surface area contributed by atoms with E-state index in [1.54, 1.807) is 6.20 Å². The summed E-state index contributed by atoms with van der Waals surface area (Å²) in [4.78, 5) is 13.4. The topological polar surface area (TPSA) is 65.5 Å². The van der Waals surface area contributed by atoms with Crippen LogP contribution in [0.25, 0.3) is 0 Å². The van der Waals surface area contributed by atoms with E-state index in [1.165, 1.54) is 0 Å². The summed E-state index contributed by atoms with van der Waals surface area (Å²) in [6.45, 7) is 5.75. The van der Waals surface area contributed by atoms with Crippen molar-refractivity contribution in [2.24, 2.45) is 0 Å². The molecule has 1 aliphatic heterocycles. The Morgan fingerprint density at radius 1 is 1.19 bits per heavy atom. The van der Waals surface area contributed by atoms with Crippen molar-refractivity contribution >= 4 is 23.1 Å². The van der Waals surface area contributed by atoms with E-state index >= 15 is 0 Å². The van der Waals surface area contributed by atoms with Crippen molar-refractivity contribution in [1.82, 2.24) is 14.9 Å². The minimum absolute atomic E-state index is 0.596. The molecular formula is C19H28N6O. The molecule has 0 spiro atoms. The second kappa shape index (κ2) is 9.35. The Morgan fingerprint density at radius 2 is 2.04 bits per heavy atom. The molecule has 0 amide bonds. The number of anilines is 4. The average molecular weight is 356 g/mol. The molecule has 1 fully saturated rings. The van der Waals surface area contributed by atoms with Gasteiger partial charge in [-0.1, -0.05) is 6.07 Å². The zero-order valence-corrected chi connectivity index (χ0v) is 15.6. The zero-order chi connectivity index (χ0) is 18.2. The standard InChI is InChI=1S/C19H28N6O/c1-24(2)17-6-3-5-16(15-17)22-19-21-9-7-18(23-19)20-8-4-10-25-11-13-26-14-12-25/h3,5-7,9,15H,4,8,10-14H2,1-2H3,(H2,20,21,22,23). The number of rotatable bonds is 8. The van der Waals surface area contributed by atoms with Crippen LogP contribution in [0.1, 0.15) is 6.42 Å². The molecule has 0 atom stereocenters. The summed E-state index contributed by atoms with van der Waals surface area (Å²) < 4.78 is 5.37. The van der Waals surface area contributed by atoms with Crippen LogP contribution >= 0.6 is 0 Å². The van der Waals surface area contributed by atoms with E-state index in [9.17, 15) is 0 Å². The third kappa shape index (κ3) is 5.57. The fraction of sp³-hybridized carbons (Fsp3) is 0.474. The third-order valence-corrected chi connectivity index (χ3v) is 4.34. The van der Waals surface area contributed by atoms with Crippen LogP contribution < -0.4 is 15.5 Å². The number of benzene rings is 1. The highest BCUT2D eigenvalue weighted by atomic mass is 16.5. The Morgan fingerprint density at radius 3 is 2.85 bits per heavy atom. The van der Waals surface area contributed by atoms with Gasteiger partial charge in [-0.05, 0) is 37.2 Å². The number of hydrogen-bond donors (Lipinski definition) is 2. The Labute approximate surface area is 155 Å². The van der Waals surface area contributed by atoms with Crippen LogP contribution in [0.5, 0.6) is 0 Å². The van der Waals surface area contributed by atoms with E-state index in [0.29, 0.717) is 5.95 Å². The predicted molar refractivity (Wildman–Crippen MR) is 106 cm³/mol. The van der Waals surface area contributed by atoms with Crippen molar-refractivity contribution in [2.75, 3.05) is 69.0 Å². The molecule has 0 radical (unpaired) electrons. The van der Waals surface area contributed by atoms with Gasteiger partial charge >= 0.3 is 0 Å². The average Bonchev–Trinajstić information content (AvgIpc) is 2.67. The van der Waals surface area contributed by atoms with E-state index in [-0.39, 0.29) is 0 Å². The van der Waals surface area contributed by atoms with Crippen LogP contribution in [0, 0.1) is 0 Å². The van der Waals surface area contributed by atoms with E-state index in [0.717, 1.165) is 63.0 Å². The normalized spacial score (nSPS) is 14.8. The molecule has 7 nitrogen and oxygen atoms in total. The molecule has 2 heterocycles. The lowest BCUT2D eigenvalue weighted by atomic mass is 10.2. The quantitative estimate of drug-likeness (QED) is 0.704. The lowest BCUT2D eigenvalue weighted by molar-refractivity contribution is 0.0378. The van der Waals surface area contributed by atoms with Gasteiger partial charge < -0.3 is 20.3 Å². The van der Waals surface area contributed by atoms with Gasteiger partial charge in [0.05, 0.1) is 13.2 Å². The molecule has 0 saturated carbocycles. The van der Waals surface area contributed by atoms with E-state index in [2.05, 4.69) is 42.5 Å². The van der Waals surface area contributed by atoms with Gasteiger partial charge in [-0.15, -0.1) is 0 Å². The molecular weight excluding hydrogens is 328 g/mol. The fourth-order valence-electron chi connectivity index (χ4n) is 2.85. The molecule has 0 unspecified atom stereocenters. The summed E-state index contributed by atoms with van der Waals surface area (Å²) in [7, 11) is 4.05. The van der Waals surface area contributed by atoms with E-state index < -0.39 is 0 Å². The fourth-order valence-corrected chi connectivity index (χ4v) is 2.85. The number of nitrogens with zero attached hydrogens (tertiary/aromatic N) is 4. The molecule has 2 aromatic rings. The number of morpholine rings is 1. The Hall–Kier alpha value is -2.38. The second-order valence-electron chi connectivity index (χ2n) is 6.57. The van der Waals surface area contributed by atoms with Gasteiger partial charge in [-0.25, -0.2) is 4.98 Å². The summed E-state index contributed by atoms with van der Waals surface area (Å²) in [5.41, 5.74) is 2.10.